The van der Waals surface area contributed by atoms with Crippen molar-refractivity contribution in [2.24, 2.45) is 10.9 Å². The molecule has 2 heterocycles. The third kappa shape index (κ3) is 10.4. The number of ether oxygens (including phenoxy) is 2. The van der Waals surface area contributed by atoms with E-state index in [2.05, 4.69) is 29.4 Å². The van der Waals surface area contributed by atoms with Crippen molar-refractivity contribution in [3.63, 3.8) is 0 Å². The highest BCUT2D eigenvalue weighted by atomic mass is 16.5. The van der Waals surface area contributed by atoms with Crippen molar-refractivity contribution >= 4 is 5.96 Å². The SMILES string of the molecule is CC(C)CCOCCNC(=NCCN1CCOCC1)NCCc1ccco1. The molecule has 0 atom stereocenters. The first-order valence-corrected chi connectivity index (χ1v) is 10.2. The standard InChI is InChI=1S/C20H36N4O3/c1-18(2)6-14-25-15-9-23-20(21-7-5-19-4-3-13-27-19)22-8-10-24-11-16-26-17-12-24/h3-4,13,18H,5-12,14-17H2,1-2H3,(H2,21,22,23). The lowest BCUT2D eigenvalue weighted by Crippen LogP contribution is -2.41. The fraction of sp³-hybridized carbons (Fsp3) is 0.750. The minimum atomic E-state index is 0.679. The van der Waals surface area contributed by atoms with E-state index >= 15 is 0 Å². The van der Waals surface area contributed by atoms with Crippen LogP contribution in [0.1, 0.15) is 26.0 Å². The van der Waals surface area contributed by atoms with Crippen LogP contribution in [0.25, 0.3) is 0 Å². The maximum absolute atomic E-state index is 5.68. The van der Waals surface area contributed by atoms with Gasteiger partial charge >= 0.3 is 0 Å². The summed E-state index contributed by atoms with van der Waals surface area (Å²) in [6, 6.07) is 3.91. The Morgan fingerprint density at radius 1 is 1.22 bits per heavy atom. The zero-order valence-electron chi connectivity index (χ0n) is 16.9. The van der Waals surface area contributed by atoms with Crippen LogP contribution >= 0.6 is 0 Å². The molecule has 1 aromatic rings. The van der Waals surface area contributed by atoms with Crippen molar-refractivity contribution in [2.45, 2.75) is 26.7 Å². The Balaban J connectivity index is 1.67. The highest BCUT2D eigenvalue weighted by Gasteiger charge is 2.09. The van der Waals surface area contributed by atoms with Gasteiger partial charge in [-0.05, 0) is 24.5 Å². The predicted octanol–water partition coefficient (Wildman–Crippen LogP) is 1.75. The summed E-state index contributed by atoms with van der Waals surface area (Å²) < 4.78 is 16.4. The lowest BCUT2D eigenvalue weighted by molar-refractivity contribution is 0.0394. The molecule has 2 N–H and O–H groups in total. The van der Waals surface area contributed by atoms with E-state index in [1.54, 1.807) is 6.26 Å². The molecular formula is C20H36N4O3. The summed E-state index contributed by atoms with van der Waals surface area (Å²) in [6.07, 6.45) is 3.64. The summed E-state index contributed by atoms with van der Waals surface area (Å²) in [5.74, 6) is 2.49. The van der Waals surface area contributed by atoms with Crippen molar-refractivity contribution in [3.8, 4) is 0 Å². The fourth-order valence-electron chi connectivity index (χ4n) is 2.72. The maximum atomic E-state index is 5.68. The van der Waals surface area contributed by atoms with Crippen LogP contribution in [0.4, 0.5) is 0 Å². The summed E-state index contributed by atoms with van der Waals surface area (Å²) in [5.41, 5.74) is 0. The Kier molecular flexibility index (Phi) is 10.9. The van der Waals surface area contributed by atoms with Crippen LogP contribution in [0.3, 0.4) is 0 Å². The van der Waals surface area contributed by atoms with E-state index in [0.29, 0.717) is 12.5 Å². The second kappa shape index (κ2) is 13.6. The number of nitrogens with zero attached hydrogens (tertiary/aromatic N) is 2. The van der Waals surface area contributed by atoms with Crippen molar-refractivity contribution in [3.05, 3.63) is 24.2 Å². The normalized spacial score (nSPS) is 16.0. The lowest BCUT2D eigenvalue weighted by atomic mass is 10.1. The predicted molar refractivity (Wildman–Crippen MR) is 108 cm³/mol. The number of hydrogen-bond donors (Lipinski definition) is 2. The van der Waals surface area contributed by atoms with Crippen molar-refractivity contribution in [2.75, 3.05) is 65.7 Å². The molecule has 0 aliphatic carbocycles. The van der Waals surface area contributed by atoms with Crippen LogP contribution in [-0.2, 0) is 15.9 Å². The van der Waals surface area contributed by atoms with E-state index in [9.17, 15) is 0 Å². The zero-order valence-corrected chi connectivity index (χ0v) is 16.9. The van der Waals surface area contributed by atoms with Gasteiger partial charge in [0.2, 0.25) is 0 Å². The molecule has 1 aromatic heterocycles. The topological polar surface area (TPSA) is 71.3 Å². The zero-order chi connectivity index (χ0) is 19.2. The number of rotatable bonds is 12. The molecule has 7 heteroatoms. The molecule has 0 aromatic carbocycles. The Bertz CT molecular complexity index is 499. The summed E-state index contributed by atoms with van der Waals surface area (Å²) in [5, 5.41) is 6.75. The van der Waals surface area contributed by atoms with Gasteiger partial charge in [-0.3, -0.25) is 9.89 Å². The average Bonchev–Trinajstić information content (AvgIpc) is 3.18. The first-order valence-electron chi connectivity index (χ1n) is 10.2. The Morgan fingerprint density at radius 3 is 2.78 bits per heavy atom. The quantitative estimate of drug-likeness (QED) is 0.327. The Labute approximate surface area is 163 Å². The van der Waals surface area contributed by atoms with Crippen LogP contribution in [0, 0.1) is 5.92 Å². The van der Waals surface area contributed by atoms with E-state index in [1.165, 1.54) is 0 Å². The number of guanidine groups is 1. The molecule has 0 bridgehead atoms. The van der Waals surface area contributed by atoms with Crippen LogP contribution in [-0.4, -0.2) is 76.6 Å². The van der Waals surface area contributed by atoms with Gasteiger partial charge in [0.15, 0.2) is 5.96 Å². The molecule has 1 aliphatic heterocycles. The van der Waals surface area contributed by atoms with Crippen molar-refractivity contribution in [1.29, 1.82) is 0 Å². The van der Waals surface area contributed by atoms with E-state index in [4.69, 9.17) is 18.9 Å². The summed E-state index contributed by atoms with van der Waals surface area (Å²) >= 11 is 0. The van der Waals surface area contributed by atoms with Gasteiger partial charge in [0.1, 0.15) is 5.76 Å². The van der Waals surface area contributed by atoms with E-state index < -0.39 is 0 Å². The largest absolute Gasteiger partial charge is 0.469 e. The second-order valence-corrected chi connectivity index (χ2v) is 7.16. The van der Waals surface area contributed by atoms with Gasteiger partial charge in [-0.15, -0.1) is 0 Å². The maximum Gasteiger partial charge on any atom is 0.191 e. The molecule has 0 amide bonds. The number of aliphatic imine (C=N–C) groups is 1. The van der Waals surface area contributed by atoms with Gasteiger partial charge in [-0.1, -0.05) is 13.8 Å². The molecule has 1 saturated heterocycles. The van der Waals surface area contributed by atoms with E-state index in [-0.39, 0.29) is 0 Å². The molecule has 1 fully saturated rings. The van der Waals surface area contributed by atoms with Gasteiger partial charge in [-0.25, -0.2) is 0 Å². The second-order valence-electron chi connectivity index (χ2n) is 7.16. The molecule has 1 aliphatic rings. The van der Waals surface area contributed by atoms with Crippen LogP contribution in [0.2, 0.25) is 0 Å². The molecule has 154 valence electrons. The minimum absolute atomic E-state index is 0.679. The molecular weight excluding hydrogens is 344 g/mol. The Hall–Kier alpha value is -1.57. The van der Waals surface area contributed by atoms with Gasteiger partial charge in [-0.2, -0.15) is 0 Å². The van der Waals surface area contributed by atoms with Crippen LogP contribution in [0.15, 0.2) is 27.8 Å². The van der Waals surface area contributed by atoms with Crippen molar-refractivity contribution in [1.82, 2.24) is 15.5 Å². The van der Waals surface area contributed by atoms with E-state index in [0.717, 1.165) is 83.7 Å². The summed E-state index contributed by atoms with van der Waals surface area (Å²) in [4.78, 5) is 7.10. The van der Waals surface area contributed by atoms with Crippen molar-refractivity contribution < 1.29 is 13.9 Å². The fourth-order valence-corrected chi connectivity index (χ4v) is 2.72. The number of furan rings is 1. The minimum Gasteiger partial charge on any atom is -0.469 e. The molecule has 2 rings (SSSR count). The van der Waals surface area contributed by atoms with Gasteiger partial charge < -0.3 is 24.5 Å². The number of morpholine rings is 1. The number of hydrogen-bond acceptors (Lipinski definition) is 5. The highest BCUT2D eigenvalue weighted by Crippen LogP contribution is 2.00. The summed E-state index contributed by atoms with van der Waals surface area (Å²) in [6.45, 7) is 12.8. The molecule has 0 unspecified atom stereocenters. The highest BCUT2D eigenvalue weighted by molar-refractivity contribution is 5.79. The third-order valence-electron chi connectivity index (χ3n) is 4.41. The number of nitrogens with one attached hydrogen (secondary N) is 2. The van der Waals surface area contributed by atoms with Gasteiger partial charge in [0, 0.05) is 45.8 Å². The monoisotopic (exact) mass is 380 g/mol. The van der Waals surface area contributed by atoms with Crippen LogP contribution < -0.4 is 10.6 Å². The van der Waals surface area contributed by atoms with Crippen LogP contribution in [0.5, 0.6) is 0 Å². The third-order valence-corrected chi connectivity index (χ3v) is 4.41. The molecule has 27 heavy (non-hydrogen) atoms. The molecule has 0 radical (unpaired) electrons. The average molecular weight is 381 g/mol. The summed E-state index contributed by atoms with van der Waals surface area (Å²) in [7, 11) is 0. The molecule has 0 saturated carbocycles. The molecule has 0 spiro atoms. The Morgan fingerprint density at radius 2 is 2.04 bits per heavy atom. The van der Waals surface area contributed by atoms with Gasteiger partial charge in [0.25, 0.3) is 0 Å². The smallest absolute Gasteiger partial charge is 0.191 e. The van der Waals surface area contributed by atoms with E-state index in [1.807, 2.05) is 12.1 Å². The lowest BCUT2D eigenvalue weighted by Gasteiger charge is -2.25. The first-order chi connectivity index (χ1) is 13.2. The molecule has 7 nitrogen and oxygen atoms in total. The van der Waals surface area contributed by atoms with Gasteiger partial charge in [0.05, 0.1) is 32.6 Å². The first kappa shape index (κ1) is 21.7.